The maximum absolute atomic E-state index is 11.7. The van der Waals surface area contributed by atoms with E-state index in [0.717, 1.165) is 20.5 Å². The summed E-state index contributed by atoms with van der Waals surface area (Å²) in [6, 6.07) is 7.24. The Morgan fingerprint density at radius 1 is 1.38 bits per heavy atom. The number of carbonyl (C=O) groups excluding carboxylic acids is 1. The molecule has 7 heteroatoms. The van der Waals surface area contributed by atoms with E-state index in [-0.39, 0.29) is 12.6 Å². The van der Waals surface area contributed by atoms with E-state index < -0.39 is 5.60 Å². The van der Waals surface area contributed by atoms with Crippen LogP contribution in [0.1, 0.15) is 16.7 Å². The molecule has 3 N–H and O–H groups in total. The first kappa shape index (κ1) is 16.3. The highest BCUT2D eigenvalue weighted by Gasteiger charge is 2.24. The third kappa shape index (κ3) is 5.00. The van der Waals surface area contributed by atoms with Gasteiger partial charge in [-0.2, -0.15) is 0 Å². The Bertz CT molecular complexity index is 582. The average Bonchev–Trinajstić information content (AvgIpc) is 3.08. The Hall–Kier alpha value is -1.08. The number of nitrogens with one attached hydrogen (secondary N) is 2. The van der Waals surface area contributed by atoms with E-state index in [1.54, 1.807) is 6.92 Å². The standard InChI is InChI=1S/C14H17ClN2O2S2/c1-14(19,11-3-2-8-20-11)9-17-13(18)16-7-6-10-4-5-12(15)21-10/h2-5,8,19H,6-7,9H2,1H3,(H2,16,17,18). The Kier molecular flexibility index (Phi) is 5.64. The molecular formula is C14H17ClN2O2S2. The Balaban J connectivity index is 1.70. The molecule has 21 heavy (non-hydrogen) atoms. The molecule has 0 spiro atoms. The van der Waals surface area contributed by atoms with Gasteiger partial charge in [-0.25, -0.2) is 4.79 Å². The fraction of sp³-hybridized carbons (Fsp3) is 0.357. The number of hydrogen-bond acceptors (Lipinski definition) is 4. The molecule has 0 aliphatic heterocycles. The van der Waals surface area contributed by atoms with Gasteiger partial charge in [-0.15, -0.1) is 22.7 Å². The van der Waals surface area contributed by atoms with Crippen LogP contribution in [-0.4, -0.2) is 24.2 Å². The van der Waals surface area contributed by atoms with E-state index in [0.29, 0.717) is 6.54 Å². The quantitative estimate of drug-likeness (QED) is 0.753. The molecule has 0 aliphatic carbocycles. The van der Waals surface area contributed by atoms with Crippen molar-refractivity contribution in [2.45, 2.75) is 18.9 Å². The molecule has 0 bridgehead atoms. The highest BCUT2D eigenvalue weighted by Crippen LogP contribution is 2.24. The SMILES string of the molecule is CC(O)(CNC(=O)NCCc1ccc(Cl)s1)c1cccs1. The van der Waals surface area contributed by atoms with E-state index in [1.807, 2.05) is 29.6 Å². The zero-order valence-electron chi connectivity index (χ0n) is 11.6. The van der Waals surface area contributed by atoms with Crippen LogP contribution in [0.5, 0.6) is 0 Å². The second kappa shape index (κ2) is 7.26. The minimum absolute atomic E-state index is 0.171. The van der Waals surface area contributed by atoms with Crippen molar-refractivity contribution in [3.63, 3.8) is 0 Å². The second-order valence-corrected chi connectivity index (χ2v) is 7.56. The second-order valence-electron chi connectivity index (χ2n) is 4.82. The average molecular weight is 345 g/mol. The third-order valence-electron chi connectivity index (χ3n) is 2.93. The van der Waals surface area contributed by atoms with E-state index in [4.69, 9.17) is 11.6 Å². The fourth-order valence-corrected chi connectivity index (χ4v) is 3.65. The van der Waals surface area contributed by atoms with Crippen LogP contribution >= 0.6 is 34.3 Å². The highest BCUT2D eigenvalue weighted by atomic mass is 35.5. The molecule has 0 aliphatic rings. The molecule has 1 atom stereocenters. The van der Waals surface area contributed by atoms with Gasteiger partial charge in [-0.05, 0) is 36.9 Å². The van der Waals surface area contributed by atoms with Crippen LogP contribution in [0.25, 0.3) is 0 Å². The summed E-state index contributed by atoms with van der Waals surface area (Å²) >= 11 is 8.82. The zero-order valence-corrected chi connectivity index (χ0v) is 13.9. The van der Waals surface area contributed by atoms with Crippen molar-refractivity contribution >= 4 is 40.3 Å². The van der Waals surface area contributed by atoms with Gasteiger partial charge in [0.05, 0.1) is 10.9 Å². The number of urea groups is 1. The molecule has 2 aromatic rings. The fourth-order valence-electron chi connectivity index (χ4n) is 1.77. The van der Waals surface area contributed by atoms with Crippen LogP contribution in [0.4, 0.5) is 4.79 Å². The summed E-state index contributed by atoms with van der Waals surface area (Å²) in [5, 5.41) is 17.6. The lowest BCUT2D eigenvalue weighted by molar-refractivity contribution is 0.0631. The van der Waals surface area contributed by atoms with Crippen molar-refractivity contribution in [3.05, 3.63) is 43.7 Å². The maximum Gasteiger partial charge on any atom is 0.314 e. The van der Waals surface area contributed by atoms with E-state index >= 15 is 0 Å². The zero-order chi connectivity index (χ0) is 15.3. The van der Waals surface area contributed by atoms with Crippen LogP contribution < -0.4 is 10.6 Å². The predicted molar refractivity (Wildman–Crippen MR) is 88.3 cm³/mol. The summed E-state index contributed by atoms with van der Waals surface area (Å²) in [6.45, 7) is 2.39. The van der Waals surface area contributed by atoms with Crippen LogP contribution in [0.2, 0.25) is 4.34 Å². The molecule has 1 unspecified atom stereocenters. The minimum atomic E-state index is -1.05. The number of amides is 2. The lowest BCUT2D eigenvalue weighted by Crippen LogP contribution is -2.43. The molecule has 2 rings (SSSR count). The lowest BCUT2D eigenvalue weighted by atomic mass is 10.1. The minimum Gasteiger partial charge on any atom is -0.383 e. The monoisotopic (exact) mass is 344 g/mol. The van der Waals surface area contributed by atoms with E-state index in [2.05, 4.69) is 10.6 Å². The maximum atomic E-state index is 11.7. The largest absolute Gasteiger partial charge is 0.383 e. The van der Waals surface area contributed by atoms with Crippen molar-refractivity contribution in [1.82, 2.24) is 10.6 Å². The van der Waals surface area contributed by atoms with Gasteiger partial charge in [0.15, 0.2) is 0 Å². The van der Waals surface area contributed by atoms with Crippen LogP contribution in [-0.2, 0) is 12.0 Å². The van der Waals surface area contributed by atoms with Crippen LogP contribution in [0.15, 0.2) is 29.6 Å². The van der Waals surface area contributed by atoms with Crippen molar-refractivity contribution in [3.8, 4) is 0 Å². The van der Waals surface area contributed by atoms with E-state index in [1.165, 1.54) is 22.7 Å². The van der Waals surface area contributed by atoms with Gasteiger partial charge in [-0.3, -0.25) is 0 Å². The van der Waals surface area contributed by atoms with Crippen molar-refractivity contribution in [2.75, 3.05) is 13.1 Å². The first-order chi connectivity index (χ1) is 9.97. The van der Waals surface area contributed by atoms with Gasteiger partial charge in [-0.1, -0.05) is 17.7 Å². The van der Waals surface area contributed by atoms with Crippen LogP contribution in [0, 0.1) is 0 Å². The molecule has 0 radical (unpaired) electrons. The summed E-state index contributed by atoms with van der Waals surface area (Å²) in [5.74, 6) is 0. The van der Waals surface area contributed by atoms with Gasteiger partial charge in [0.2, 0.25) is 0 Å². The molecule has 2 amide bonds. The Labute approximate surface area is 136 Å². The Morgan fingerprint density at radius 2 is 2.19 bits per heavy atom. The summed E-state index contributed by atoms with van der Waals surface area (Å²) in [5.41, 5.74) is -1.05. The van der Waals surface area contributed by atoms with Gasteiger partial charge in [0, 0.05) is 16.3 Å². The molecule has 2 aromatic heterocycles. The van der Waals surface area contributed by atoms with Crippen LogP contribution in [0.3, 0.4) is 0 Å². The topological polar surface area (TPSA) is 61.4 Å². The van der Waals surface area contributed by atoms with E-state index in [9.17, 15) is 9.90 Å². The first-order valence-electron chi connectivity index (χ1n) is 6.50. The van der Waals surface area contributed by atoms with Crippen molar-refractivity contribution in [1.29, 1.82) is 0 Å². The third-order valence-corrected chi connectivity index (χ3v) is 5.34. The number of rotatable bonds is 6. The van der Waals surface area contributed by atoms with Crippen molar-refractivity contribution in [2.24, 2.45) is 0 Å². The number of carbonyl (C=O) groups is 1. The Morgan fingerprint density at radius 3 is 2.81 bits per heavy atom. The normalized spacial score (nSPS) is 13.7. The molecule has 0 saturated heterocycles. The number of halogens is 1. The van der Waals surface area contributed by atoms with Gasteiger partial charge < -0.3 is 15.7 Å². The lowest BCUT2D eigenvalue weighted by Gasteiger charge is -2.22. The molecular weight excluding hydrogens is 328 g/mol. The van der Waals surface area contributed by atoms with Gasteiger partial charge in [0.25, 0.3) is 0 Å². The molecule has 4 nitrogen and oxygen atoms in total. The number of thiophene rings is 2. The van der Waals surface area contributed by atoms with Crippen molar-refractivity contribution < 1.29 is 9.90 Å². The molecule has 114 valence electrons. The smallest absolute Gasteiger partial charge is 0.314 e. The predicted octanol–water partition coefficient (Wildman–Crippen LogP) is 3.21. The summed E-state index contributed by atoms with van der Waals surface area (Å²) < 4.78 is 0.751. The first-order valence-corrected chi connectivity index (χ1v) is 8.57. The van der Waals surface area contributed by atoms with Gasteiger partial charge in [0.1, 0.15) is 5.60 Å². The molecule has 0 fully saturated rings. The number of aliphatic hydroxyl groups is 1. The van der Waals surface area contributed by atoms with Gasteiger partial charge >= 0.3 is 6.03 Å². The molecule has 2 heterocycles. The summed E-state index contributed by atoms with van der Waals surface area (Å²) in [4.78, 5) is 13.7. The summed E-state index contributed by atoms with van der Waals surface area (Å²) in [6.07, 6.45) is 0.742. The summed E-state index contributed by atoms with van der Waals surface area (Å²) in [7, 11) is 0. The number of hydrogen-bond donors (Lipinski definition) is 3. The molecule has 0 aromatic carbocycles. The highest BCUT2D eigenvalue weighted by molar-refractivity contribution is 7.16. The molecule has 0 saturated carbocycles.